The van der Waals surface area contributed by atoms with Crippen LogP contribution in [0.25, 0.3) is 0 Å². The van der Waals surface area contributed by atoms with Crippen molar-refractivity contribution in [2.75, 3.05) is 26.2 Å². The number of phenolic OH excluding ortho intramolecular Hbond substituents is 2. The van der Waals surface area contributed by atoms with Gasteiger partial charge in [-0.15, -0.1) is 0 Å². The summed E-state index contributed by atoms with van der Waals surface area (Å²) >= 11 is 0. The Kier molecular flexibility index (Phi) is 4.83. The van der Waals surface area contributed by atoms with Gasteiger partial charge in [0.1, 0.15) is 0 Å². The second-order valence-electron chi connectivity index (χ2n) is 18.1. The highest BCUT2D eigenvalue weighted by molar-refractivity contribution is 5.69. The van der Waals surface area contributed by atoms with Crippen LogP contribution < -0.4 is 9.47 Å². The average molecular weight is 676 g/mol. The van der Waals surface area contributed by atoms with Crippen LogP contribution >= 0.6 is 0 Å². The molecule has 2 unspecified atom stereocenters. The zero-order valence-corrected chi connectivity index (χ0v) is 28.6. The van der Waals surface area contributed by atoms with E-state index in [4.69, 9.17) is 9.47 Å². The van der Waals surface area contributed by atoms with E-state index in [9.17, 15) is 20.4 Å². The quantitative estimate of drug-likeness (QED) is 0.331. The maximum absolute atomic E-state index is 13.6. The van der Waals surface area contributed by atoms with Gasteiger partial charge in [-0.1, -0.05) is 12.1 Å². The lowest BCUT2D eigenvalue weighted by Crippen LogP contribution is -2.75. The van der Waals surface area contributed by atoms with Crippen LogP contribution in [0.2, 0.25) is 0 Å². The molecular weight excluding hydrogens is 630 g/mol. The number of hydrogen-bond donors (Lipinski definition) is 4. The van der Waals surface area contributed by atoms with E-state index in [-0.39, 0.29) is 23.6 Å². The summed E-state index contributed by atoms with van der Waals surface area (Å²) in [5.41, 5.74) is 5.21. The third-order valence-electron chi connectivity index (χ3n) is 16.1. The number of ether oxygens (including phenoxy) is 2. The van der Waals surface area contributed by atoms with Crippen LogP contribution in [0.3, 0.4) is 0 Å². The van der Waals surface area contributed by atoms with Gasteiger partial charge in [0.25, 0.3) is 0 Å². The molecule has 4 N–H and O–H groups in total. The molecule has 3 aromatic rings. The fraction of sp³-hybridized carbons (Fsp3) is 0.610. The molecule has 2 saturated heterocycles. The van der Waals surface area contributed by atoms with E-state index >= 15 is 0 Å². The van der Waals surface area contributed by atoms with E-state index in [1.54, 1.807) is 12.1 Å². The number of rotatable bonds is 4. The van der Waals surface area contributed by atoms with Gasteiger partial charge >= 0.3 is 0 Å². The lowest BCUT2D eigenvalue weighted by atomic mass is 9.47. The first kappa shape index (κ1) is 28.4. The first-order valence-corrected chi connectivity index (χ1v) is 19.3. The maximum atomic E-state index is 13.6. The van der Waals surface area contributed by atoms with Crippen molar-refractivity contribution in [3.05, 3.63) is 69.0 Å². The van der Waals surface area contributed by atoms with Gasteiger partial charge in [-0.3, -0.25) is 9.80 Å². The van der Waals surface area contributed by atoms with Crippen molar-refractivity contribution in [3.8, 4) is 23.0 Å². The van der Waals surface area contributed by atoms with Crippen molar-refractivity contribution in [3.63, 3.8) is 0 Å². The number of fused-ring (bicyclic) bond motifs is 5. The molecule has 4 aliphatic heterocycles. The third-order valence-corrected chi connectivity index (χ3v) is 16.1. The molecule has 4 bridgehead atoms. The van der Waals surface area contributed by atoms with E-state index in [2.05, 4.69) is 33.5 Å². The predicted octanol–water partition coefficient (Wildman–Crippen LogP) is 3.83. The van der Waals surface area contributed by atoms with Crippen molar-refractivity contribution in [2.45, 2.75) is 111 Å². The average Bonchev–Trinajstić information content (AvgIpc) is 4.00. The van der Waals surface area contributed by atoms with Gasteiger partial charge in [0.15, 0.2) is 35.2 Å². The molecule has 4 fully saturated rings. The molecule has 50 heavy (non-hydrogen) atoms. The summed E-state index contributed by atoms with van der Waals surface area (Å²) in [7, 11) is 2.13. The zero-order valence-electron chi connectivity index (χ0n) is 28.6. The molecule has 2 spiro atoms. The van der Waals surface area contributed by atoms with E-state index in [1.165, 1.54) is 36.8 Å². The largest absolute Gasteiger partial charge is 0.504 e. The predicted molar refractivity (Wildman–Crippen MR) is 182 cm³/mol. The summed E-state index contributed by atoms with van der Waals surface area (Å²) in [5.74, 6) is 2.81. The standard InChI is InChI=1S/C41H45N3O6/c1-42-32-24(16-40(47)28-14-22-6-8-26(45)34-30(22)38(40,36(32)49-34)10-12-43(28)18-20-2-3-20)25-17-41(48)29-15-23-7-9-27(46)35-31(23)39(41,37(50-35)33(25)42)11-13-44(29)19-21-4-5-21/h6-9,20-21,28-29,36-37,45-48H,2-5,10-19H2,1H3/t28-,29-,36+,37+,38+,39+,40?,41?/m1/s1. The second kappa shape index (κ2) is 8.52. The van der Waals surface area contributed by atoms with Crippen LogP contribution in [0.5, 0.6) is 23.0 Å². The van der Waals surface area contributed by atoms with Gasteiger partial charge in [-0.25, -0.2) is 0 Å². The summed E-state index contributed by atoms with van der Waals surface area (Å²) < 4.78 is 16.3. The van der Waals surface area contributed by atoms with Crippen LogP contribution in [0.4, 0.5) is 0 Å². The van der Waals surface area contributed by atoms with Crippen LogP contribution in [0, 0.1) is 11.8 Å². The molecule has 10 aliphatic rings. The molecule has 2 saturated carbocycles. The highest BCUT2D eigenvalue weighted by Gasteiger charge is 2.76. The fourth-order valence-electron chi connectivity index (χ4n) is 13.8. The highest BCUT2D eigenvalue weighted by atomic mass is 16.5. The fourth-order valence-corrected chi connectivity index (χ4v) is 13.8. The normalized spacial score (nSPS) is 40.8. The maximum Gasteiger partial charge on any atom is 0.166 e. The minimum atomic E-state index is -1.10. The zero-order chi connectivity index (χ0) is 33.3. The van der Waals surface area contributed by atoms with E-state index in [0.29, 0.717) is 36.2 Å². The SMILES string of the molecule is Cn1c2c(c3c1[C@@H]1Oc4c(O)ccc5c4[C@@]14CCN(CC1CC1)[C@H](C5)C4(O)C3)CC1(O)[C@H]3Cc4ccc(O)c5c4[C@@]1(CCN3CC1CC1)[C@H]2O5. The first-order chi connectivity index (χ1) is 24.2. The minimum absolute atomic E-state index is 0.0532. The number of phenols is 2. The number of nitrogens with zero attached hydrogens (tertiary/aromatic N) is 3. The van der Waals surface area contributed by atoms with Crippen molar-refractivity contribution >= 4 is 0 Å². The Bertz CT molecular complexity index is 1960. The van der Waals surface area contributed by atoms with E-state index < -0.39 is 34.2 Å². The van der Waals surface area contributed by atoms with Crippen LogP contribution in [-0.2, 0) is 43.6 Å². The van der Waals surface area contributed by atoms with Gasteiger partial charge < -0.3 is 34.5 Å². The smallest absolute Gasteiger partial charge is 0.166 e. The number of likely N-dealkylation sites (tertiary alicyclic amines) is 2. The molecule has 9 nitrogen and oxygen atoms in total. The van der Waals surface area contributed by atoms with Crippen LogP contribution in [0.1, 0.15) is 95.5 Å². The van der Waals surface area contributed by atoms with Crippen molar-refractivity contribution in [1.82, 2.24) is 14.4 Å². The van der Waals surface area contributed by atoms with Crippen LogP contribution in [0.15, 0.2) is 24.3 Å². The number of benzene rings is 2. The minimum Gasteiger partial charge on any atom is -0.504 e. The molecular formula is C41H45N3O6. The number of aromatic nitrogens is 1. The number of piperidine rings is 2. The van der Waals surface area contributed by atoms with Gasteiger partial charge in [-0.2, -0.15) is 0 Å². The summed E-state index contributed by atoms with van der Waals surface area (Å²) in [6.45, 7) is 3.86. The molecule has 0 radical (unpaired) electrons. The van der Waals surface area contributed by atoms with E-state index in [0.717, 1.165) is 85.5 Å². The molecule has 0 amide bonds. The lowest BCUT2D eigenvalue weighted by Gasteiger charge is -2.63. The Morgan fingerprint density at radius 1 is 0.680 bits per heavy atom. The number of aliphatic hydroxyl groups is 2. The summed E-state index contributed by atoms with van der Waals surface area (Å²) in [6.07, 6.45) is 8.13. The first-order valence-electron chi connectivity index (χ1n) is 19.3. The summed E-state index contributed by atoms with van der Waals surface area (Å²) in [4.78, 5) is 5.16. The van der Waals surface area contributed by atoms with Gasteiger partial charge in [-0.05, 0) is 111 Å². The summed E-state index contributed by atoms with van der Waals surface area (Å²) in [5, 5.41) is 49.8. The second-order valence-corrected chi connectivity index (χ2v) is 18.1. The Morgan fingerprint density at radius 2 is 1.12 bits per heavy atom. The Balaban J connectivity index is 1.05. The Labute approximate surface area is 291 Å². The van der Waals surface area contributed by atoms with Gasteiger partial charge in [0, 0.05) is 56.2 Å². The molecule has 2 aromatic carbocycles. The van der Waals surface area contributed by atoms with Crippen molar-refractivity contribution in [2.24, 2.45) is 18.9 Å². The van der Waals surface area contributed by atoms with Gasteiger partial charge in [0.2, 0.25) is 0 Å². The van der Waals surface area contributed by atoms with Crippen LogP contribution in [-0.4, -0.2) is 84.3 Å². The Morgan fingerprint density at radius 3 is 1.54 bits per heavy atom. The summed E-state index contributed by atoms with van der Waals surface area (Å²) in [6, 6.07) is 7.60. The lowest BCUT2D eigenvalue weighted by molar-refractivity contribution is -0.176. The van der Waals surface area contributed by atoms with Crippen molar-refractivity contribution < 1.29 is 29.9 Å². The molecule has 5 heterocycles. The number of aromatic hydroxyl groups is 2. The third kappa shape index (κ3) is 2.87. The molecule has 6 aliphatic carbocycles. The number of hydrogen-bond acceptors (Lipinski definition) is 8. The molecule has 9 heteroatoms. The van der Waals surface area contributed by atoms with Gasteiger partial charge in [0.05, 0.1) is 33.4 Å². The van der Waals surface area contributed by atoms with E-state index in [1.807, 2.05) is 0 Å². The Hall–Kier alpha value is -3.24. The van der Waals surface area contributed by atoms with Crippen molar-refractivity contribution in [1.29, 1.82) is 0 Å². The molecule has 8 atom stereocenters. The topological polar surface area (TPSA) is 111 Å². The molecule has 13 rings (SSSR count). The highest BCUT2D eigenvalue weighted by Crippen LogP contribution is 2.73. The monoisotopic (exact) mass is 675 g/mol. The molecule has 260 valence electrons. The molecule has 1 aromatic heterocycles.